The molecule has 1 amide bonds. The summed E-state index contributed by atoms with van der Waals surface area (Å²) < 4.78 is 22.4. The maximum absolute atomic E-state index is 11.3. The molecular formula is C11H21NO5S. The fourth-order valence-electron chi connectivity index (χ4n) is 1.43. The van der Waals surface area contributed by atoms with Gasteiger partial charge in [-0.3, -0.25) is 9.59 Å². The van der Waals surface area contributed by atoms with E-state index in [0.29, 0.717) is 6.42 Å². The maximum Gasteiger partial charge on any atom is 0.308 e. The van der Waals surface area contributed by atoms with Crippen LogP contribution in [-0.4, -0.2) is 43.5 Å². The predicted molar refractivity (Wildman–Crippen MR) is 67.9 cm³/mol. The van der Waals surface area contributed by atoms with Crippen LogP contribution in [0, 0.1) is 11.8 Å². The lowest BCUT2D eigenvalue weighted by Gasteiger charge is -2.15. The van der Waals surface area contributed by atoms with Crippen LogP contribution in [0.15, 0.2) is 0 Å². The lowest BCUT2D eigenvalue weighted by molar-refractivity contribution is -0.142. The number of rotatable bonds is 8. The van der Waals surface area contributed by atoms with Gasteiger partial charge in [-0.2, -0.15) is 0 Å². The van der Waals surface area contributed by atoms with Gasteiger partial charge in [0.25, 0.3) is 0 Å². The average molecular weight is 279 g/mol. The molecule has 0 saturated heterocycles. The zero-order chi connectivity index (χ0) is 14.3. The van der Waals surface area contributed by atoms with Crippen molar-refractivity contribution < 1.29 is 23.1 Å². The van der Waals surface area contributed by atoms with Crippen molar-refractivity contribution in [3.63, 3.8) is 0 Å². The van der Waals surface area contributed by atoms with Crippen LogP contribution in [-0.2, 0) is 19.4 Å². The van der Waals surface area contributed by atoms with E-state index in [4.69, 9.17) is 5.11 Å². The Kier molecular flexibility index (Phi) is 6.90. The van der Waals surface area contributed by atoms with E-state index in [0.717, 1.165) is 0 Å². The molecule has 2 N–H and O–H groups in total. The van der Waals surface area contributed by atoms with Gasteiger partial charge in [0.2, 0.25) is 5.91 Å². The minimum Gasteiger partial charge on any atom is -0.481 e. The molecule has 0 spiro atoms. The van der Waals surface area contributed by atoms with Crippen LogP contribution in [0.4, 0.5) is 0 Å². The lowest BCUT2D eigenvalue weighted by Crippen LogP contribution is -2.37. The monoisotopic (exact) mass is 279 g/mol. The summed E-state index contributed by atoms with van der Waals surface area (Å²) in [6, 6.07) is 0. The van der Waals surface area contributed by atoms with Crippen LogP contribution in [0.25, 0.3) is 0 Å². The van der Waals surface area contributed by atoms with E-state index in [2.05, 4.69) is 5.32 Å². The molecular weight excluding hydrogens is 258 g/mol. The van der Waals surface area contributed by atoms with Gasteiger partial charge in [-0.25, -0.2) is 8.42 Å². The molecule has 0 aromatic carbocycles. The second-order valence-electron chi connectivity index (χ2n) is 4.65. The van der Waals surface area contributed by atoms with E-state index in [1.54, 1.807) is 0 Å². The van der Waals surface area contributed by atoms with Gasteiger partial charge in [0.1, 0.15) is 5.75 Å². The molecule has 6 nitrogen and oxygen atoms in total. The van der Waals surface area contributed by atoms with Gasteiger partial charge >= 0.3 is 5.97 Å². The summed E-state index contributed by atoms with van der Waals surface area (Å²) in [6.07, 6.45) is 0.441. The van der Waals surface area contributed by atoms with E-state index in [1.807, 2.05) is 13.8 Å². The number of carbonyl (C=O) groups is 2. The number of hydrogen-bond donors (Lipinski definition) is 2. The number of carboxylic acids is 1. The summed E-state index contributed by atoms with van der Waals surface area (Å²) in [5.74, 6) is -2.80. The van der Waals surface area contributed by atoms with Crippen molar-refractivity contribution in [2.45, 2.75) is 27.2 Å². The molecule has 0 rings (SSSR count). The quantitative estimate of drug-likeness (QED) is 0.665. The molecule has 1 atom stereocenters. The molecule has 0 aliphatic heterocycles. The number of carboxylic acid groups (broad SMARTS) is 1. The Morgan fingerprint density at radius 3 is 2.22 bits per heavy atom. The molecule has 0 aromatic heterocycles. The van der Waals surface area contributed by atoms with Gasteiger partial charge < -0.3 is 10.4 Å². The van der Waals surface area contributed by atoms with Gasteiger partial charge in [0.15, 0.2) is 9.84 Å². The van der Waals surface area contributed by atoms with Crippen molar-refractivity contribution in [1.29, 1.82) is 0 Å². The van der Waals surface area contributed by atoms with Crippen LogP contribution in [0.2, 0.25) is 0 Å². The van der Waals surface area contributed by atoms with E-state index >= 15 is 0 Å². The van der Waals surface area contributed by atoms with Crippen molar-refractivity contribution >= 4 is 21.7 Å². The number of carbonyl (C=O) groups excluding carboxylic acids is 1. The molecule has 0 radical (unpaired) electrons. The normalized spacial score (nSPS) is 13.3. The zero-order valence-corrected chi connectivity index (χ0v) is 11.8. The van der Waals surface area contributed by atoms with Crippen molar-refractivity contribution in [1.82, 2.24) is 5.32 Å². The third kappa shape index (κ3) is 7.26. The average Bonchev–Trinajstić information content (AvgIpc) is 2.22. The Hall–Kier alpha value is -1.11. The zero-order valence-electron chi connectivity index (χ0n) is 11.0. The highest BCUT2D eigenvalue weighted by Crippen LogP contribution is 2.11. The number of sulfone groups is 1. The topological polar surface area (TPSA) is 101 Å². The first-order chi connectivity index (χ1) is 8.18. The van der Waals surface area contributed by atoms with Crippen molar-refractivity contribution in [3.8, 4) is 0 Å². The van der Waals surface area contributed by atoms with Crippen LogP contribution in [0.5, 0.6) is 0 Å². The molecule has 1 unspecified atom stereocenters. The van der Waals surface area contributed by atoms with E-state index in [9.17, 15) is 18.0 Å². The number of aliphatic carboxylic acids is 1. The summed E-state index contributed by atoms with van der Waals surface area (Å²) in [5, 5.41) is 11.3. The number of amides is 1. The second kappa shape index (κ2) is 7.35. The van der Waals surface area contributed by atoms with Gasteiger partial charge in [-0.1, -0.05) is 20.8 Å². The van der Waals surface area contributed by atoms with Crippen LogP contribution < -0.4 is 5.32 Å². The van der Waals surface area contributed by atoms with Gasteiger partial charge in [-0.05, 0) is 12.3 Å². The summed E-state index contributed by atoms with van der Waals surface area (Å²) in [6.45, 7) is 5.20. The smallest absolute Gasteiger partial charge is 0.308 e. The molecule has 7 heteroatoms. The fourth-order valence-corrected chi connectivity index (χ4v) is 2.14. The molecule has 0 aliphatic rings. The third-order valence-electron chi connectivity index (χ3n) is 2.44. The largest absolute Gasteiger partial charge is 0.481 e. The highest BCUT2D eigenvalue weighted by Gasteiger charge is 2.21. The van der Waals surface area contributed by atoms with Crippen molar-refractivity contribution in [2.24, 2.45) is 11.8 Å². The van der Waals surface area contributed by atoms with Gasteiger partial charge in [-0.15, -0.1) is 0 Å². The second-order valence-corrected chi connectivity index (χ2v) is 7.00. The SMILES string of the molecule is CCS(=O)(=O)CC(=O)NCC(CC(C)C)C(=O)O. The van der Waals surface area contributed by atoms with Crippen molar-refractivity contribution in [2.75, 3.05) is 18.1 Å². The Morgan fingerprint density at radius 2 is 1.83 bits per heavy atom. The summed E-state index contributed by atoms with van der Waals surface area (Å²) >= 11 is 0. The number of nitrogens with one attached hydrogen (secondary N) is 1. The summed E-state index contributed by atoms with van der Waals surface area (Å²) in [7, 11) is -3.37. The Bertz CT molecular complexity index is 388. The van der Waals surface area contributed by atoms with Crippen LogP contribution in [0.1, 0.15) is 27.2 Å². The van der Waals surface area contributed by atoms with Gasteiger partial charge in [0, 0.05) is 12.3 Å². The number of hydrogen-bond acceptors (Lipinski definition) is 4. The molecule has 0 aliphatic carbocycles. The first-order valence-electron chi connectivity index (χ1n) is 5.87. The van der Waals surface area contributed by atoms with E-state index in [1.165, 1.54) is 6.92 Å². The predicted octanol–water partition coefficient (Wildman–Crippen LogP) is 0.284. The maximum atomic E-state index is 11.3. The van der Waals surface area contributed by atoms with Crippen LogP contribution >= 0.6 is 0 Å². The molecule has 0 aromatic rings. The molecule has 18 heavy (non-hydrogen) atoms. The molecule has 106 valence electrons. The highest BCUT2D eigenvalue weighted by atomic mass is 32.2. The Balaban J connectivity index is 4.28. The Labute approximate surface area is 108 Å². The first-order valence-corrected chi connectivity index (χ1v) is 7.70. The lowest BCUT2D eigenvalue weighted by atomic mass is 9.97. The molecule has 0 saturated carbocycles. The van der Waals surface area contributed by atoms with Crippen LogP contribution in [0.3, 0.4) is 0 Å². The highest BCUT2D eigenvalue weighted by molar-refractivity contribution is 7.92. The standard InChI is InChI=1S/C11H21NO5S/c1-4-18(16,17)7-10(13)12-6-9(11(14)15)5-8(2)3/h8-9H,4-7H2,1-3H3,(H,12,13)(H,14,15). The van der Waals surface area contributed by atoms with E-state index < -0.39 is 33.4 Å². The summed E-state index contributed by atoms with van der Waals surface area (Å²) in [5.41, 5.74) is 0. The molecule has 0 heterocycles. The van der Waals surface area contributed by atoms with E-state index in [-0.39, 0.29) is 18.2 Å². The minimum absolute atomic E-state index is 0.0361. The molecule has 0 bridgehead atoms. The fraction of sp³-hybridized carbons (Fsp3) is 0.818. The minimum atomic E-state index is -3.37. The first kappa shape index (κ1) is 16.9. The van der Waals surface area contributed by atoms with Gasteiger partial charge in [0.05, 0.1) is 5.92 Å². The van der Waals surface area contributed by atoms with Crippen molar-refractivity contribution in [3.05, 3.63) is 0 Å². The third-order valence-corrected chi connectivity index (χ3v) is 4.02. The summed E-state index contributed by atoms with van der Waals surface area (Å²) in [4.78, 5) is 22.3. The molecule has 0 fully saturated rings. The Morgan fingerprint density at radius 1 is 1.28 bits per heavy atom.